The molecule has 0 aliphatic heterocycles. The molecule has 0 aliphatic carbocycles. The van der Waals surface area contributed by atoms with Crippen molar-refractivity contribution in [3.63, 3.8) is 0 Å². The van der Waals surface area contributed by atoms with Gasteiger partial charge in [0.25, 0.3) is 0 Å². The van der Waals surface area contributed by atoms with E-state index in [1.54, 1.807) is 0 Å². The van der Waals surface area contributed by atoms with Crippen LogP contribution < -0.4 is 5.32 Å². The number of hydrogen-bond donors (Lipinski definition) is 1. The molecule has 1 rings (SSSR count). The van der Waals surface area contributed by atoms with E-state index in [-0.39, 0.29) is 11.2 Å². The summed E-state index contributed by atoms with van der Waals surface area (Å²) >= 11 is 4.10. The van der Waals surface area contributed by atoms with Gasteiger partial charge in [0.1, 0.15) is 0 Å². The van der Waals surface area contributed by atoms with Gasteiger partial charge >= 0.3 is 6.18 Å². The van der Waals surface area contributed by atoms with Crippen LogP contribution in [0.2, 0.25) is 0 Å². The lowest BCUT2D eigenvalue weighted by Crippen LogP contribution is -2.18. The zero-order valence-corrected chi connectivity index (χ0v) is 11.1. The van der Waals surface area contributed by atoms with Gasteiger partial charge in [-0.3, -0.25) is 0 Å². The molecule has 0 aliphatic rings. The molecule has 2 unspecified atom stereocenters. The molecule has 1 aromatic rings. The molecule has 0 amide bonds. The summed E-state index contributed by atoms with van der Waals surface area (Å²) in [4.78, 5) is 3.68. The lowest BCUT2D eigenvalue weighted by atomic mass is 10.2. The Kier molecular flexibility index (Phi) is 4.54. The molecule has 0 bridgehead atoms. The van der Waals surface area contributed by atoms with Crippen molar-refractivity contribution >= 4 is 32.6 Å². The second-order valence-electron chi connectivity index (χ2n) is 3.48. The maximum absolute atomic E-state index is 12.2. The minimum atomic E-state index is -4.47. The topological polar surface area (TPSA) is 37.8 Å². The maximum atomic E-state index is 12.2. The monoisotopic (exact) mass is 317 g/mol. The first-order valence-corrected chi connectivity index (χ1v) is 6.29. The van der Waals surface area contributed by atoms with E-state index < -0.39 is 12.0 Å². The molecule has 8 heteroatoms. The number of rotatable bonds is 4. The number of hydrogen-bond acceptors (Lipinski definition) is 4. The second kappa shape index (κ2) is 5.31. The quantitative estimate of drug-likeness (QED) is 0.863. The van der Waals surface area contributed by atoms with Gasteiger partial charge in [0.05, 0.1) is 0 Å². The molecule has 0 spiro atoms. The number of nitrogens with zero attached hydrogens (tertiary/aromatic N) is 2. The van der Waals surface area contributed by atoms with Crippen LogP contribution in [0.5, 0.6) is 0 Å². The van der Waals surface area contributed by atoms with Gasteiger partial charge in [-0.25, -0.2) is 0 Å². The van der Waals surface area contributed by atoms with Crippen molar-refractivity contribution in [1.82, 2.24) is 9.36 Å². The molecule has 3 nitrogen and oxygen atoms in total. The normalized spacial score (nSPS) is 15.9. The molecule has 0 saturated carbocycles. The molecule has 1 N–H and O–H groups in total. The van der Waals surface area contributed by atoms with Crippen molar-refractivity contribution in [2.75, 3.05) is 5.32 Å². The van der Waals surface area contributed by atoms with E-state index >= 15 is 0 Å². The molecule has 0 radical (unpaired) electrons. The smallest absolute Gasteiger partial charge is 0.358 e. The number of halogens is 4. The van der Waals surface area contributed by atoms with E-state index in [0.29, 0.717) is 4.83 Å². The van der Waals surface area contributed by atoms with Crippen molar-refractivity contribution in [3.05, 3.63) is 5.82 Å². The maximum Gasteiger partial charge on any atom is 0.452 e. The van der Waals surface area contributed by atoms with Gasteiger partial charge in [-0.05, 0) is 13.3 Å². The summed E-state index contributed by atoms with van der Waals surface area (Å²) < 4.78 is 39.8. The predicted molar refractivity (Wildman–Crippen MR) is 61.0 cm³/mol. The number of aromatic nitrogens is 2. The summed E-state index contributed by atoms with van der Waals surface area (Å²) in [5, 5.41) is 3.08. The Morgan fingerprint density at radius 3 is 2.50 bits per heavy atom. The largest absolute Gasteiger partial charge is 0.452 e. The Labute approximate surface area is 104 Å². The highest BCUT2D eigenvalue weighted by Crippen LogP contribution is 2.29. The minimum absolute atomic E-state index is 0.0448. The fraction of sp³-hybridized carbons (Fsp3) is 0.750. The molecular weight excluding hydrogens is 307 g/mol. The lowest BCUT2D eigenvalue weighted by Gasteiger charge is -2.13. The van der Waals surface area contributed by atoms with Crippen LogP contribution in [0, 0.1) is 0 Å². The third kappa shape index (κ3) is 4.25. The molecule has 1 heterocycles. The van der Waals surface area contributed by atoms with Gasteiger partial charge in [-0.15, -0.1) is 0 Å². The van der Waals surface area contributed by atoms with E-state index in [4.69, 9.17) is 0 Å². The van der Waals surface area contributed by atoms with E-state index in [9.17, 15) is 13.2 Å². The molecular formula is C8H11BrF3N3S. The first kappa shape index (κ1) is 13.7. The van der Waals surface area contributed by atoms with E-state index in [1.165, 1.54) is 0 Å². The zero-order chi connectivity index (χ0) is 12.3. The average molecular weight is 318 g/mol. The van der Waals surface area contributed by atoms with Gasteiger partial charge in [0.2, 0.25) is 11.0 Å². The van der Waals surface area contributed by atoms with E-state index in [0.717, 1.165) is 18.0 Å². The predicted octanol–water partition coefficient (Wildman–Crippen LogP) is 3.53. The van der Waals surface area contributed by atoms with Crippen LogP contribution in [0.3, 0.4) is 0 Å². The van der Waals surface area contributed by atoms with Crippen LogP contribution in [0.1, 0.15) is 26.1 Å². The summed E-state index contributed by atoms with van der Waals surface area (Å²) in [5.41, 5.74) is 0. The minimum Gasteiger partial charge on any atom is -0.358 e. The second-order valence-corrected chi connectivity index (χ2v) is 5.80. The Bertz CT molecular complexity index is 340. The molecule has 0 fully saturated rings. The Morgan fingerprint density at radius 1 is 1.44 bits per heavy atom. The summed E-state index contributed by atoms with van der Waals surface area (Å²) in [6.45, 7) is 3.85. The highest BCUT2D eigenvalue weighted by Gasteiger charge is 2.36. The van der Waals surface area contributed by atoms with Crippen molar-refractivity contribution in [3.8, 4) is 0 Å². The lowest BCUT2D eigenvalue weighted by molar-refractivity contribution is -0.144. The van der Waals surface area contributed by atoms with Gasteiger partial charge in [-0.2, -0.15) is 22.5 Å². The van der Waals surface area contributed by atoms with Gasteiger partial charge in [0.15, 0.2) is 0 Å². The van der Waals surface area contributed by atoms with Crippen LogP contribution in [0.15, 0.2) is 0 Å². The molecule has 92 valence electrons. The number of anilines is 1. The Morgan fingerprint density at radius 2 is 2.06 bits per heavy atom. The van der Waals surface area contributed by atoms with Crippen molar-refractivity contribution in [2.45, 2.75) is 37.3 Å². The van der Waals surface area contributed by atoms with E-state index in [2.05, 4.69) is 30.6 Å². The van der Waals surface area contributed by atoms with Crippen LogP contribution in [-0.2, 0) is 6.18 Å². The van der Waals surface area contributed by atoms with Gasteiger partial charge in [-0.1, -0.05) is 22.9 Å². The SMILES string of the molecule is CC(Br)CC(C)Nc1nc(C(F)(F)F)ns1. The molecule has 1 aromatic heterocycles. The fourth-order valence-electron chi connectivity index (χ4n) is 1.15. The van der Waals surface area contributed by atoms with Crippen LogP contribution >= 0.6 is 27.5 Å². The third-order valence-corrected chi connectivity index (χ3v) is 2.75. The first-order valence-electron chi connectivity index (χ1n) is 4.60. The summed E-state index contributed by atoms with van der Waals surface area (Å²) in [7, 11) is 0. The van der Waals surface area contributed by atoms with Crippen LogP contribution in [-0.4, -0.2) is 20.2 Å². The van der Waals surface area contributed by atoms with Crippen molar-refractivity contribution < 1.29 is 13.2 Å². The van der Waals surface area contributed by atoms with Gasteiger partial charge < -0.3 is 5.32 Å². The van der Waals surface area contributed by atoms with Crippen molar-refractivity contribution in [2.24, 2.45) is 0 Å². The number of nitrogens with one attached hydrogen (secondary N) is 1. The highest BCUT2D eigenvalue weighted by atomic mass is 79.9. The van der Waals surface area contributed by atoms with Crippen LogP contribution in [0.25, 0.3) is 0 Å². The van der Waals surface area contributed by atoms with Crippen molar-refractivity contribution in [1.29, 1.82) is 0 Å². The van der Waals surface area contributed by atoms with E-state index in [1.807, 2.05) is 13.8 Å². The summed E-state index contributed by atoms with van der Waals surface area (Å²) in [5.74, 6) is -1.08. The number of alkyl halides is 4. The molecule has 0 saturated heterocycles. The van der Waals surface area contributed by atoms with Crippen LogP contribution in [0.4, 0.5) is 18.3 Å². The third-order valence-electron chi connectivity index (χ3n) is 1.73. The molecule has 0 aromatic carbocycles. The zero-order valence-electron chi connectivity index (χ0n) is 8.68. The Balaban J connectivity index is 2.59. The average Bonchev–Trinajstić information content (AvgIpc) is 2.49. The first-order chi connectivity index (χ1) is 7.29. The molecule has 16 heavy (non-hydrogen) atoms. The molecule has 2 atom stereocenters. The fourth-order valence-corrected chi connectivity index (χ4v) is 2.41. The summed E-state index contributed by atoms with van der Waals surface area (Å²) in [6, 6.07) is 0.0448. The highest BCUT2D eigenvalue weighted by molar-refractivity contribution is 9.09. The summed E-state index contributed by atoms with van der Waals surface area (Å²) in [6.07, 6.45) is -3.68. The standard InChI is InChI=1S/C8H11BrF3N3S/c1-4(9)3-5(2)13-7-14-6(15-16-7)8(10,11)12/h4-5H,3H2,1-2H3,(H,13,14,15). The van der Waals surface area contributed by atoms with Gasteiger partial charge in [0, 0.05) is 22.4 Å². The Hall–Kier alpha value is -0.370.